The number of nitro groups is 1. The molecule has 8 nitrogen and oxygen atoms in total. The van der Waals surface area contributed by atoms with E-state index in [1.54, 1.807) is 18.2 Å². The first kappa shape index (κ1) is 20.3. The molecule has 4 aromatic rings. The Morgan fingerprint density at radius 2 is 1.52 bits per heavy atom. The standard InChI is InChI=1S/C22H17N3O5S/c26-25(27)18-13-11-17(12-14-18)20-24-22(31(28,29)19-9-5-2-6-10-19)21(30-20)23-15-16-7-3-1-4-8-16/h1-14,23H,15H2. The van der Waals surface area contributed by atoms with E-state index in [1.165, 1.54) is 36.4 Å². The number of aromatic nitrogens is 1. The van der Waals surface area contributed by atoms with Crippen molar-refractivity contribution in [3.05, 3.63) is 101 Å². The van der Waals surface area contributed by atoms with Gasteiger partial charge in [-0.15, -0.1) is 0 Å². The molecule has 1 heterocycles. The quantitative estimate of drug-likeness (QED) is 0.330. The topological polar surface area (TPSA) is 115 Å². The van der Waals surface area contributed by atoms with Crippen LogP contribution in [0.2, 0.25) is 0 Å². The number of non-ortho nitro benzene ring substituents is 1. The fourth-order valence-electron chi connectivity index (χ4n) is 2.94. The molecule has 0 aliphatic carbocycles. The van der Waals surface area contributed by atoms with Crippen LogP contribution in [0.4, 0.5) is 11.6 Å². The van der Waals surface area contributed by atoms with Gasteiger partial charge in [0.25, 0.3) is 5.69 Å². The predicted octanol–water partition coefficient (Wildman–Crippen LogP) is 4.69. The summed E-state index contributed by atoms with van der Waals surface area (Å²) in [5, 5.41) is 13.7. The van der Waals surface area contributed by atoms with Crippen molar-refractivity contribution in [2.75, 3.05) is 5.32 Å². The molecular formula is C22H17N3O5S. The maximum Gasteiger partial charge on any atom is 0.269 e. The van der Waals surface area contributed by atoms with E-state index in [4.69, 9.17) is 4.42 Å². The van der Waals surface area contributed by atoms with Gasteiger partial charge in [0.15, 0.2) is 0 Å². The van der Waals surface area contributed by atoms with Crippen molar-refractivity contribution < 1.29 is 17.8 Å². The predicted molar refractivity (Wildman–Crippen MR) is 114 cm³/mol. The molecule has 4 rings (SSSR count). The molecule has 0 bridgehead atoms. The lowest BCUT2D eigenvalue weighted by molar-refractivity contribution is -0.384. The zero-order chi connectivity index (χ0) is 21.8. The highest BCUT2D eigenvalue weighted by molar-refractivity contribution is 7.91. The van der Waals surface area contributed by atoms with Crippen molar-refractivity contribution in [3.63, 3.8) is 0 Å². The molecule has 9 heteroatoms. The molecule has 0 atom stereocenters. The van der Waals surface area contributed by atoms with E-state index in [0.717, 1.165) is 5.56 Å². The molecule has 3 aromatic carbocycles. The Kier molecular flexibility index (Phi) is 5.50. The molecule has 0 saturated heterocycles. The number of nitro benzene ring substituents is 1. The number of oxazole rings is 1. The van der Waals surface area contributed by atoms with Crippen molar-refractivity contribution in [1.29, 1.82) is 0 Å². The van der Waals surface area contributed by atoms with Gasteiger partial charge in [0.1, 0.15) is 0 Å². The summed E-state index contributed by atoms with van der Waals surface area (Å²) in [6.45, 7) is 0.326. The maximum atomic E-state index is 13.2. The van der Waals surface area contributed by atoms with Gasteiger partial charge >= 0.3 is 0 Å². The van der Waals surface area contributed by atoms with E-state index >= 15 is 0 Å². The molecule has 0 amide bonds. The Balaban J connectivity index is 1.75. The Hall–Kier alpha value is -3.98. The van der Waals surface area contributed by atoms with Crippen molar-refractivity contribution >= 4 is 21.4 Å². The van der Waals surface area contributed by atoms with Gasteiger partial charge in [-0.3, -0.25) is 10.1 Å². The maximum absolute atomic E-state index is 13.2. The summed E-state index contributed by atoms with van der Waals surface area (Å²) in [5.74, 6) is 0.0426. The summed E-state index contributed by atoms with van der Waals surface area (Å²) in [5.41, 5.74) is 1.26. The van der Waals surface area contributed by atoms with Crippen molar-refractivity contribution in [2.24, 2.45) is 0 Å². The monoisotopic (exact) mass is 435 g/mol. The second-order valence-electron chi connectivity index (χ2n) is 6.61. The van der Waals surface area contributed by atoms with Gasteiger partial charge in [0, 0.05) is 24.2 Å². The molecule has 0 aliphatic heterocycles. The first-order valence-electron chi connectivity index (χ1n) is 9.29. The lowest BCUT2D eigenvalue weighted by Gasteiger charge is -2.06. The number of hydrogen-bond donors (Lipinski definition) is 1. The van der Waals surface area contributed by atoms with Gasteiger partial charge < -0.3 is 9.73 Å². The molecule has 0 unspecified atom stereocenters. The highest BCUT2D eigenvalue weighted by atomic mass is 32.2. The summed E-state index contributed by atoms with van der Waals surface area (Å²) in [4.78, 5) is 14.7. The fraction of sp³-hybridized carbons (Fsp3) is 0.0455. The Bertz CT molecular complexity index is 1300. The minimum Gasteiger partial charge on any atom is -0.419 e. The van der Waals surface area contributed by atoms with Crippen LogP contribution in [0.15, 0.2) is 99.3 Å². The third kappa shape index (κ3) is 4.31. The minimum atomic E-state index is -3.96. The third-order valence-corrected chi connectivity index (χ3v) is 6.20. The number of hydrogen-bond acceptors (Lipinski definition) is 7. The largest absolute Gasteiger partial charge is 0.419 e. The smallest absolute Gasteiger partial charge is 0.269 e. The summed E-state index contributed by atoms with van der Waals surface area (Å²) >= 11 is 0. The van der Waals surface area contributed by atoms with Gasteiger partial charge in [-0.2, -0.15) is 4.98 Å². The molecule has 156 valence electrons. The SMILES string of the molecule is O=[N+]([O-])c1ccc(-c2nc(S(=O)(=O)c3ccccc3)c(NCc3ccccc3)o2)cc1. The molecule has 0 fully saturated rings. The zero-order valence-electron chi connectivity index (χ0n) is 16.1. The highest BCUT2D eigenvalue weighted by Gasteiger charge is 2.28. The molecule has 0 radical (unpaired) electrons. The van der Waals surface area contributed by atoms with E-state index in [-0.39, 0.29) is 27.4 Å². The van der Waals surface area contributed by atoms with Gasteiger partial charge in [0.2, 0.25) is 26.6 Å². The average molecular weight is 435 g/mol. The fourth-order valence-corrected chi connectivity index (χ4v) is 4.24. The lowest BCUT2D eigenvalue weighted by Crippen LogP contribution is -2.07. The van der Waals surface area contributed by atoms with Crippen LogP contribution in [0.5, 0.6) is 0 Å². The highest BCUT2D eigenvalue weighted by Crippen LogP contribution is 2.33. The summed E-state index contributed by atoms with van der Waals surface area (Å²) in [7, 11) is -3.96. The van der Waals surface area contributed by atoms with Crippen LogP contribution in [0.3, 0.4) is 0 Å². The summed E-state index contributed by atoms with van der Waals surface area (Å²) in [6, 6.07) is 22.9. The molecule has 1 aromatic heterocycles. The minimum absolute atomic E-state index is 0.000980. The van der Waals surface area contributed by atoms with Gasteiger partial charge in [-0.05, 0) is 29.8 Å². The third-order valence-electron chi connectivity index (χ3n) is 4.53. The Labute approximate surface area is 178 Å². The lowest BCUT2D eigenvalue weighted by atomic mass is 10.2. The van der Waals surface area contributed by atoms with E-state index in [9.17, 15) is 18.5 Å². The van der Waals surface area contributed by atoms with Crippen LogP contribution in [0.1, 0.15) is 5.56 Å². The van der Waals surface area contributed by atoms with E-state index < -0.39 is 14.8 Å². The number of nitrogens with zero attached hydrogens (tertiary/aromatic N) is 2. The normalized spacial score (nSPS) is 11.2. The number of benzene rings is 3. The first-order valence-corrected chi connectivity index (χ1v) is 10.8. The molecule has 0 saturated carbocycles. The molecule has 1 N–H and O–H groups in total. The van der Waals surface area contributed by atoms with Crippen LogP contribution < -0.4 is 5.32 Å². The van der Waals surface area contributed by atoms with Crippen LogP contribution in [-0.4, -0.2) is 18.3 Å². The Morgan fingerprint density at radius 3 is 2.13 bits per heavy atom. The molecule has 0 aliphatic rings. The zero-order valence-corrected chi connectivity index (χ0v) is 17.0. The first-order chi connectivity index (χ1) is 14.9. The summed E-state index contributed by atoms with van der Waals surface area (Å²) in [6.07, 6.45) is 0. The van der Waals surface area contributed by atoms with Crippen molar-refractivity contribution in [2.45, 2.75) is 16.5 Å². The summed E-state index contributed by atoms with van der Waals surface area (Å²) < 4.78 is 32.2. The van der Waals surface area contributed by atoms with Crippen LogP contribution in [0.25, 0.3) is 11.5 Å². The van der Waals surface area contributed by atoms with Crippen LogP contribution in [-0.2, 0) is 16.4 Å². The number of rotatable bonds is 7. The Morgan fingerprint density at radius 1 is 0.903 bits per heavy atom. The second kappa shape index (κ2) is 8.41. The van der Waals surface area contributed by atoms with Crippen molar-refractivity contribution in [3.8, 4) is 11.5 Å². The number of nitrogens with one attached hydrogen (secondary N) is 1. The molecule has 0 spiro atoms. The van der Waals surface area contributed by atoms with E-state index in [0.29, 0.717) is 12.1 Å². The van der Waals surface area contributed by atoms with Crippen LogP contribution in [0, 0.1) is 10.1 Å². The van der Waals surface area contributed by atoms with Gasteiger partial charge in [-0.25, -0.2) is 8.42 Å². The van der Waals surface area contributed by atoms with Crippen molar-refractivity contribution in [1.82, 2.24) is 4.98 Å². The van der Waals surface area contributed by atoms with Crippen LogP contribution >= 0.6 is 0 Å². The van der Waals surface area contributed by atoms with Gasteiger partial charge in [-0.1, -0.05) is 48.5 Å². The molecular weight excluding hydrogens is 418 g/mol. The number of sulfone groups is 1. The average Bonchev–Trinajstić information content (AvgIpc) is 3.24. The second-order valence-corrected chi connectivity index (χ2v) is 8.48. The van der Waals surface area contributed by atoms with E-state index in [2.05, 4.69) is 10.3 Å². The molecule has 31 heavy (non-hydrogen) atoms. The van der Waals surface area contributed by atoms with E-state index in [1.807, 2.05) is 30.3 Å². The number of anilines is 1. The van der Waals surface area contributed by atoms with Gasteiger partial charge in [0.05, 0.1) is 9.82 Å².